The van der Waals surface area contributed by atoms with Crippen molar-refractivity contribution in [3.8, 4) is 28.7 Å². The van der Waals surface area contributed by atoms with Gasteiger partial charge in [0.2, 0.25) is 5.89 Å². The first-order valence-corrected chi connectivity index (χ1v) is 17.3. The maximum Gasteiger partial charge on any atom is 0.310 e. The molecule has 6 aromatic rings. The Morgan fingerprint density at radius 2 is 1.73 bits per heavy atom. The first kappa shape index (κ1) is 33.8. The molecule has 10 heteroatoms. The maximum absolute atomic E-state index is 11.5. The third kappa shape index (κ3) is 6.91. The van der Waals surface area contributed by atoms with E-state index in [0.717, 1.165) is 69.6 Å². The van der Waals surface area contributed by atoms with Crippen molar-refractivity contribution in [3.05, 3.63) is 101 Å². The van der Waals surface area contributed by atoms with Crippen LogP contribution in [-0.4, -0.2) is 50.6 Å². The van der Waals surface area contributed by atoms with E-state index in [-0.39, 0.29) is 6.54 Å². The SMILES string of the molecule is Cc1c(Nc2nccc3cc(CN4CCCC4)cnc23)cccc1-c1cccc(-c2nc3cc(CNCC(C)(C)C(=O)O)cc(C#N)c3o2)c1C. The number of likely N-dealkylation sites (tertiary alicyclic amines) is 1. The van der Waals surface area contributed by atoms with Gasteiger partial charge in [-0.25, -0.2) is 9.97 Å². The second-order valence-corrected chi connectivity index (χ2v) is 14.1. The van der Waals surface area contributed by atoms with Crippen molar-refractivity contribution < 1.29 is 14.3 Å². The van der Waals surface area contributed by atoms with Gasteiger partial charge in [0.1, 0.15) is 17.1 Å². The van der Waals surface area contributed by atoms with Crippen molar-refractivity contribution in [2.24, 2.45) is 5.41 Å². The summed E-state index contributed by atoms with van der Waals surface area (Å²) in [5.41, 5.74) is 9.27. The van der Waals surface area contributed by atoms with Gasteiger partial charge in [0, 0.05) is 48.7 Å². The third-order valence-electron chi connectivity index (χ3n) is 9.85. The normalized spacial score (nSPS) is 13.5. The number of pyridine rings is 2. The molecule has 1 aliphatic heterocycles. The fourth-order valence-corrected chi connectivity index (χ4v) is 6.82. The number of hydrogen-bond acceptors (Lipinski definition) is 9. The van der Waals surface area contributed by atoms with E-state index >= 15 is 0 Å². The van der Waals surface area contributed by atoms with Gasteiger partial charge < -0.3 is 20.2 Å². The Labute approximate surface area is 297 Å². The number of aromatic nitrogens is 3. The minimum Gasteiger partial charge on any atom is -0.481 e. The topological polar surface area (TPSA) is 140 Å². The molecule has 51 heavy (non-hydrogen) atoms. The van der Waals surface area contributed by atoms with Crippen molar-refractivity contribution >= 4 is 39.5 Å². The number of oxazole rings is 1. The van der Waals surface area contributed by atoms with Crippen LogP contribution in [0.2, 0.25) is 0 Å². The first-order chi connectivity index (χ1) is 24.6. The van der Waals surface area contributed by atoms with Crippen molar-refractivity contribution in [1.82, 2.24) is 25.2 Å². The molecule has 258 valence electrons. The number of carboxylic acids is 1. The molecule has 0 atom stereocenters. The lowest BCUT2D eigenvalue weighted by atomic mass is 9.93. The van der Waals surface area contributed by atoms with Crippen LogP contribution < -0.4 is 10.6 Å². The zero-order valence-electron chi connectivity index (χ0n) is 29.4. The highest BCUT2D eigenvalue weighted by Crippen LogP contribution is 2.37. The monoisotopic (exact) mass is 679 g/mol. The van der Waals surface area contributed by atoms with Crippen LogP contribution in [0.5, 0.6) is 0 Å². The molecule has 0 bridgehead atoms. The predicted octanol–water partition coefficient (Wildman–Crippen LogP) is 8.13. The highest BCUT2D eigenvalue weighted by Gasteiger charge is 2.26. The largest absolute Gasteiger partial charge is 0.481 e. The van der Waals surface area contributed by atoms with Gasteiger partial charge in [-0.1, -0.05) is 24.3 Å². The molecular weight excluding hydrogens is 638 g/mol. The summed E-state index contributed by atoms with van der Waals surface area (Å²) < 4.78 is 6.25. The van der Waals surface area contributed by atoms with Crippen LogP contribution in [0.1, 0.15) is 54.5 Å². The van der Waals surface area contributed by atoms with Gasteiger partial charge in [-0.2, -0.15) is 5.26 Å². The molecule has 1 aliphatic rings. The van der Waals surface area contributed by atoms with Crippen molar-refractivity contribution in [3.63, 3.8) is 0 Å². The van der Waals surface area contributed by atoms with Gasteiger partial charge in [-0.3, -0.25) is 14.7 Å². The number of carbonyl (C=O) groups is 1. The Morgan fingerprint density at radius 1 is 0.980 bits per heavy atom. The molecule has 0 aliphatic carbocycles. The fourth-order valence-electron chi connectivity index (χ4n) is 6.82. The van der Waals surface area contributed by atoms with Crippen LogP contribution in [0.15, 0.2) is 77.5 Å². The number of carboxylic acid groups (broad SMARTS) is 1. The number of fused-ring (bicyclic) bond motifs is 2. The summed E-state index contributed by atoms with van der Waals surface area (Å²) in [6.45, 7) is 11.4. The van der Waals surface area contributed by atoms with Crippen LogP contribution in [0.3, 0.4) is 0 Å². The maximum atomic E-state index is 11.5. The first-order valence-electron chi connectivity index (χ1n) is 17.3. The summed E-state index contributed by atoms with van der Waals surface area (Å²) in [4.78, 5) is 28.3. The van der Waals surface area contributed by atoms with Crippen LogP contribution in [-0.2, 0) is 17.9 Å². The molecule has 0 amide bonds. The third-order valence-corrected chi connectivity index (χ3v) is 9.85. The quantitative estimate of drug-likeness (QED) is 0.123. The Balaban J connectivity index is 1.16. The molecule has 1 saturated heterocycles. The molecule has 10 nitrogen and oxygen atoms in total. The molecule has 3 N–H and O–H groups in total. The Hall–Kier alpha value is -5.63. The van der Waals surface area contributed by atoms with Crippen LogP contribution in [0.25, 0.3) is 44.6 Å². The van der Waals surface area contributed by atoms with E-state index < -0.39 is 11.4 Å². The van der Waals surface area contributed by atoms with Gasteiger partial charge in [0.25, 0.3) is 0 Å². The Bertz CT molecular complexity index is 2320. The Kier molecular flexibility index (Phi) is 9.25. The van der Waals surface area contributed by atoms with E-state index in [0.29, 0.717) is 34.9 Å². The highest BCUT2D eigenvalue weighted by molar-refractivity contribution is 5.91. The zero-order chi connectivity index (χ0) is 35.7. The van der Waals surface area contributed by atoms with Crippen LogP contribution >= 0.6 is 0 Å². The van der Waals surface area contributed by atoms with Crippen molar-refractivity contribution in [2.75, 3.05) is 25.0 Å². The van der Waals surface area contributed by atoms with Crippen molar-refractivity contribution in [2.45, 2.75) is 53.6 Å². The number of nitrogens with one attached hydrogen (secondary N) is 2. The van der Waals surface area contributed by atoms with Gasteiger partial charge >= 0.3 is 5.97 Å². The lowest BCUT2D eigenvalue weighted by molar-refractivity contribution is -0.146. The summed E-state index contributed by atoms with van der Waals surface area (Å²) in [5.74, 6) is 0.270. The predicted molar refractivity (Wildman–Crippen MR) is 200 cm³/mol. The highest BCUT2D eigenvalue weighted by atomic mass is 16.4. The Morgan fingerprint density at radius 3 is 2.49 bits per heavy atom. The molecule has 0 radical (unpaired) electrons. The average Bonchev–Trinajstić information content (AvgIpc) is 3.79. The summed E-state index contributed by atoms with van der Waals surface area (Å²) >= 11 is 0. The number of anilines is 2. The number of rotatable bonds is 11. The molecular formula is C41H41N7O3. The minimum absolute atomic E-state index is 0.281. The van der Waals surface area contributed by atoms with Crippen LogP contribution in [0.4, 0.5) is 11.5 Å². The fraction of sp³-hybridized carbons (Fsp3) is 0.293. The smallest absolute Gasteiger partial charge is 0.310 e. The second-order valence-electron chi connectivity index (χ2n) is 14.1. The summed E-state index contributed by atoms with van der Waals surface area (Å²) in [7, 11) is 0. The number of benzene rings is 3. The lowest BCUT2D eigenvalue weighted by Crippen LogP contribution is -2.35. The van der Waals surface area contributed by atoms with Gasteiger partial charge in [0.05, 0.1) is 11.0 Å². The van der Waals surface area contributed by atoms with Gasteiger partial charge in [-0.15, -0.1) is 0 Å². The second kappa shape index (κ2) is 13.9. The average molecular weight is 680 g/mol. The molecule has 4 heterocycles. The van der Waals surface area contributed by atoms with E-state index in [1.54, 1.807) is 19.9 Å². The number of nitrogens with zero attached hydrogens (tertiary/aromatic N) is 5. The summed E-state index contributed by atoms with van der Waals surface area (Å²) in [5, 5.41) is 27.2. The van der Waals surface area contributed by atoms with Crippen molar-refractivity contribution in [1.29, 1.82) is 5.26 Å². The van der Waals surface area contributed by atoms with Crippen LogP contribution in [0, 0.1) is 30.6 Å². The molecule has 0 saturated carbocycles. The zero-order valence-corrected chi connectivity index (χ0v) is 29.4. The van der Waals surface area contributed by atoms with E-state index in [1.807, 2.05) is 42.7 Å². The van der Waals surface area contributed by atoms with Gasteiger partial charge in [0.15, 0.2) is 11.4 Å². The van der Waals surface area contributed by atoms with Gasteiger partial charge in [-0.05, 0) is 123 Å². The van der Waals surface area contributed by atoms with E-state index in [2.05, 4.69) is 64.7 Å². The molecule has 1 fully saturated rings. The van der Waals surface area contributed by atoms with E-state index in [1.165, 1.54) is 18.4 Å². The minimum atomic E-state index is -0.916. The molecule has 3 aromatic heterocycles. The molecule has 7 rings (SSSR count). The standard InChI is InChI=1S/C41H41N7O3/c1-25-31(9-7-11-33(25)39-47-35-19-27(17-30(20-42)37(35)51-39)21-43-24-41(3,4)40(49)50)32-10-8-12-34(26(32)2)46-38-36-29(13-14-44-38)18-28(22-45-36)23-48-15-5-6-16-48/h7-14,17-19,22,43H,5-6,15-16,21,23-24H2,1-4H3,(H,44,46)(H,49,50). The number of aliphatic carboxylic acids is 1. The van der Waals surface area contributed by atoms with E-state index in [4.69, 9.17) is 14.4 Å². The lowest BCUT2D eigenvalue weighted by Gasteiger charge is -2.19. The molecule has 0 spiro atoms. The number of hydrogen-bond donors (Lipinski definition) is 3. The summed E-state index contributed by atoms with van der Waals surface area (Å²) in [6, 6.07) is 22.4. The molecule has 3 aromatic carbocycles. The number of nitriles is 1. The van der Waals surface area contributed by atoms with E-state index in [9.17, 15) is 15.2 Å². The summed E-state index contributed by atoms with van der Waals surface area (Å²) in [6.07, 6.45) is 6.33. The molecule has 0 unspecified atom stereocenters.